The van der Waals surface area contributed by atoms with Gasteiger partial charge in [0.15, 0.2) is 0 Å². The van der Waals surface area contributed by atoms with E-state index in [0.717, 1.165) is 16.7 Å². The summed E-state index contributed by atoms with van der Waals surface area (Å²) in [5.74, 6) is -0.834. The zero-order chi connectivity index (χ0) is 13.2. The Kier molecular flexibility index (Phi) is 3.94. The second-order valence-electron chi connectivity index (χ2n) is 5.12. The van der Waals surface area contributed by atoms with Gasteiger partial charge in [-0.25, -0.2) is 0 Å². The van der Waals surface area contributed by atoms with Crippen molar-refractivity contribution >= 4 is 5.97 Å². The summed E-state index contributed by atoms with van der Waals surface area (Å²) >= 11 is 0. The van der Waals surface area contributed by atoms with Crippen molar-refractivity contribution in [3.8, 4) is 0 Å². The van der Waals surface area contributed by atoms with Gasteiger partial charge in [0.2, 0.25) is 0 Å². The summed E-state index contributed by atoms with van der Waals surface area (Å²) in [5.41, 5.74) is 9.31. The van der Waals surface area contributed by atoms with Crippen LogP contribution < -0.4 is 5.73 Å². The Morgan fingerprint density at radius 1 is 1.29 bits per heavy atom. The standard InChI is InChI=1S/C14H21NO2/c1-9-5-10(2)12(11(3)6-9)7-14(4,8-15)13(16)17/h5-6H,7-8,15H2,1-4H3,(H,16,17). The van der Waals surface area contributed by atoms with Gasteiger partial charge in [-0.15, -0.1) is 0 Å². The van der Waals surface area contributed by atoms with Crippen LogP contribution in [0.3, 0.4) is 0 Å². The molecule has 0 radical (unpaired) electrons. The van der Waals surface area contributed by atoms with Crippen LogP contribution >= 0.6 is 0 Å². The molecule has 0 saturated heterocycles. The van der Waals surface area contributed by atoms with Crippen molar-refractivity contribution in [2.45, 2.75) is 34.1 Å². The number of carboxylic acid groups (broad SMARTS) is 1. The molecule has 1 rings (SSSR count). The number of hydrogen-bond acceptors (Lipinski definition) is 2. The van der Waals surface area contributed by atoms with Crippen molar-refractivity contribution in [2.24, 2.45) is 11.1 Å². The van der Waals surface area contributed by atoms with Gasteiger partial charge in [0.05, 0.1) is 5.41 Å². The molecule has 0 bridgehead atoms. The molecule has 0 aliphatic carbocycles. The number of aryl methyl sites for hydroxylation is 3. The van der Waals surface area contributed by atoms with Crippen molar-refractivity contribution in [3.05, 3.63) is 34.4 Å². The Morgan fingerprint density at radius 3 is 2.12 bits per heavy atom. The molecule has 3 N–H and O–H groups in total. The minimum atomic E-state index is -0.884. The lowest BCUT2D eigenvalue weighted by Gasteiger charge is -2.25. The van der Waals surface area contributed by atoms with Crippen LogP contribution in [0.4, 0.5) is 0 Å². The molecule has 3 nitrogen and oxygen atoms in total. The normalized spacial score (nSPS) is 14.4. The molecule has 0 aliphatic rings. The minimum absolute atomic E-state index is 0.148. The van der Waals surface area contributed by atoms with E-state index in [-0.39, 0.29) is 6.54 Å². The highest BCUT2D eigenvalue weighted by Gasteiger charge is 2.32. The van der Waals surface area contributed by atoms with Gasteiger partial charge in [-0.2, -0.15) is 0 Å². The lowest BCUT2D eigenvalue weighted by atomic mass is 9.81. The largest absolute Gasteiger partial charge is 0.481 e. The Morgan fingerprint density at radius 2 is 1.76 bits per heavy atom. The van der Waals surface area contributed by atoms with Gasteiger partial charge in [0, 0.05) is 6.54 Å². The number of carboxylic acids is 1. The summed E-state index contributed by atoms with van der Waals surface area (Å²) < 4.78 is 0. The van der Waals surface area contributed by atoms with Crippen LogP contribution in [-0.2, 0) is 11.2 Å². The lowest BCUT2D eigenvalue weighted by Crippen LogP contribution is -2.38. The fourth-order valence-electron chi connectivity index (χ4n) is 2.11. The average molecular weight is 235 g/mol. The molecule has 1 atom stereocenters. The highest BCUT2D eigenvalue weighted by Crippen LogP contribution is 2.26. The van der Waals surface area contributed by atoms with E-state index in [4.69, 9.17) is 5.73 Å². The number of aliphatic carboxylic acids is 1. The van der Waals surface area contributed by atoms with Gasteiger partial charge >= 0.3 is 5.97 Å². The molecule has 0 heterocycles. The molecule has 1 aromatic rings. The Balaban J connectivity index is 3.15. The van der Waals surface area contributed by atoms with Crippen molar-refractivity contribution in [1.82, 2.24) is 0 Å². The van der Waals surface area contributed by atoms with Crippen LogP contribution in [0.5, 0.6) is 0 Å². The van der Waals surface area contributed by atoms with Gasteiger partial charge in [0.1, 0.15) is 0 Å². The molecular formula is C14H21NO2. The van der Waals surface area contributed by atoms with E-state index in [1.165, 1.54) is 5.56 Å². The number of rotatable bonds is 4. The van der Waals surface area contributed by atoms with E-state index in [9.17, 15) is 9.90 Å². The quantitative estimate of drug-likeness (QED) is 0.841. The van der Waals surface area contributed by atoms with Crippen LogP contribution in [0.15, 0.2) is 12.1 Å². The van der Waals surface area contributed by atoms with Gasteiger partial charge in [-0.1, -0.05) is 17.7 Å². The Bertz CT molecular complexity index is 417. The van der Waals surface area contributed by atoms with Crippen LogP contribution in [0.2, 0.25) is 0 Å². The zero-order valence-electron chi connectivity index (χ0n) is 11.0. The van der Waals surface area contributed by atoms with E-state index in [1.807, 2.05) is 20.8 Å². The van der Waals surface area contributed by atoms with Crippen LogP contribution in [0.1, 0.15) is 29.2 Å². The van der Waals surface area contributed by atoms with E-state index in [2.05, 4.69) is 12.1 Å². The fraction of sp³-hybridized carbons (Fsp3) is 0.500. The van der Waals surface area contributed by atoms with E-state index in [1.54, 1.807) is 6.92 Å². The third kappa shape index (κ3) is 2.86. The van der Waals surface area contributed by atoms with Crippen molar-refractivity contribution in [1.29, 1.82) is 0 Å². The first-order valence-corrected chi connectivity index (χ1v) is 5.80. The maximum Gasteiger partial charge on any atom is 0.310 e. The smallest absolute Gasteiger partial charge is 0.310 e. The Hall–Kier alpha value is -1.35. The van der Waals surface area contributed by atoms with Crippen molar-refractivity contribution < 1.29 is 9.90 Å². The molecule has 3 heteroatoms. The van der Waals surface area contributed by atoms with Crippen molar-refractivity contribution in [3.63, 3.8) is 0 Å². The minimum Gasteiger partial charge on any atom is -0.481 e. The maximum atomic E-state index is 11.3. The zero-order valence-corrected chi connectivity index (χ0v) is 11.0. The monoisotopic (exact) mass is 235 g/mol. The predicted octanol–water partition coefficient (Wildman–Crippen LogP) is 2.20. The van der Waals surface area contributed by atoms with Crippen molar-refractivity contribution in [2.75, 3.05) is 6.54 Å². The summed E-state index contributed by atoms with van der Waals surface area (Å²) in [7, 11) is 0. The maximum absolute atomic E-state index is 11.3. The SMILES string of the molecule is Cc1cc(C)c(CC(C)(CN)C(=O)O)c(C)c1. The molecule has 0 saturated carbocycles. The second-order valence-corrected chi connectivity index (χ2v) is 5.12. The van der Waals surface area contributed by atoms with E-state index >= 15 is 0 Å². The van der Waals surface area contributed by atoms with Gasteiger partial charge < -0.3 is 10.8 Å². The number of benzene rings is 1. The highest BCUT2D eigenvalue weighted by molar-refractivity contribution is 5.75. The third-order valence-electron chi connectivity index (χ3n) is 3.37. The van der Waals surface area contributed by atoms with E-state index in [0.29, 0.717) is 6.42 Å². The summed E-state index contributed by atoms with van der Waals surface area (Å²) in [4.78, 5) is 11.3. The van der Waals surface area contributed by atoms with Gasteiger partial charge in [-0.3, -0.25) is 4.79 Å². The second kappa shape index (κ2) is 4.88. The Labute approximate surface area is 103 Å². The molecule has 0 fully saturated rings. The first-order chi connectivity index (χ1) is 7.80. The first-order valence-electron chi connectivity index (χ1n) is 5.80. The molecule has 17 heavy (non-hydrogen) atoms. The topological polar surface area (TPSA) is 63.3 Å². The van der Waals surface area contributed by atoms with Gasteiger partial charge in [0.25, 0.3) is 0 Å². The summed E-state index contributed by atoms with van der Waals surface area (Å²) in [6.45, 7) is 7.94. The first kappa shape index (κ1) is 13.7. The van der Waals surface area contributed by atoms with Crippen LogP contribution in [-0.4, -0.2) is 17.6 Å². The molecule has 1 unspecified atom stereocenters. The summed E-state index contributed by atoms with van der Waals surface area (Å²) in [5, 5.41) is 9.25. The lowest BCUT2D eigenvalue weighted by molar-refractivity contribution is -0.147. The fourth-order valence-corrected chi connectivity index (χ4v) is 2.11. The molecule has 0 spiro atoms. The third-order valence-corrected chi connectivity index (χ3v) is 3.37. The molecule has 0 aliphatic heterocycles. The molecule has 1 aromatic carbocycles. The number of carbonyl (C=O) groups is 1. The van der Waals surface area contributed by atoms with Gasteiger partial charge in [-0.05, 0) is 50.8 Å². The summed E-state index contributed by atoms with van der Waals surface area (Å²) in [6.07, 6.45) is 0.483. The molecule has 94 valence electrons. The van der Waals surface area contributed by atoms with Crippen LogP contribution in [0, 0.1) is 26.2 Å². The van der Waals surface area contributed by atoms with Crippen LogP contribution in [0.25, 0.3) is 0 Å². The number of hydrogen-bond donors (Lipinski definition) is 2. The molecular weight excluding hydrogens is 214 g/mol. The molecule has 0 aromatic heterocycles. The summed E-state index contributed by atoms with van der Waals surface area (Å²) in [6, 6.07) is 4.17. The number of nitrogens with two attached hydrogens (primary N) is 1. The molecule has 0 amide bonds. The van der Waals surface area contributed by atoms with E-state index < -0.39 is 11.4 Å². The average Bonchev–Trinajstić information content (AvgIpc) is 2.22. The predicted molar refractivity (Wildman–Crippen MR) is 69.2 cm³/mol. The highest BCUT2D eigenvalue weighted by atomic mass is 16.4.